The molecule has 0 aliphatic rings. The Balaban J connectivity index is 2.15. The standard InChI is InChI=1S/C10H12N3/c1-12-7-8-13(11-12)9-10-5-3-2-4-6-10/h2-8H,9H2,1H3/q+1. The topological polar surface area (TPSA) is 21.7 Å². The van der Waals surface area contributed by atoms with Gasteiger partial charge in [0.2, 0.25) is 0 Å². The third-order valence-corrected chi connectivity index (χ3v) is 1.90. The number of nitrogens with zero attached hydrogens (tertiary/aromatic N) is 3. The SMILES string of the molecule is C[n+]1ccn(Cc2ccccc2)n1. The lowest BCUT2D eigenvalue weighted by Crippen LogP contribution is -2.30. The van der Waals surface area contributed by atoms with Crippen molar-refractivity contribution in [1.29, 1.82) is 0 Å². The van der Waals surface area contributed by atoms with Gasteiger partial charge >= 0.3 is 0 Å². The van der Waals surface area contributed by atoms with Crippen molar-refractivity contribution in [2.75, 3.05) is 0 Å². The van der Waals surface area contributed by atoms with Crippen LogP contribution in [0, 0.1) is 0 Å². The fourth-order valence-electron chi connectivity index (χ4n) is 1.27. The number of hydrogen-bond donors (Lipinski definition) is 0. The lowest BCUT2D eigenvalue weighted by Gasteiger charge is -1.93. The summed E-state index contributed by atoms with van der Waals surface area (Å²) in [6.45, 7) is 0.835. The predicted molar refractivity (Wildman–Crippen MR) is 48.9 cm³/mol. The molecule has 0 N–H and O–H groups in total. The fourth-order valence-corrected chi connectivity index (χ4v) is 1.27. The van der Waals surface area contributed by atoms with E-state index in [2.05, 4.69) is 17.3 Å². The van der Waals surface area contributed by atoms with Crippen molar-refractivity contribution in [3.05, 3.63) is 48.3 Å². The van der Waals surface area contributed by atoms with E-state index in [1.807, 2.05) is 42.3 Å². The van der Waals surface area contributed by atoms with Gasteiger partial charge in [0, 0.05) is 0 Å². The largest absolute Gasteiger partial charge is 0.155 e. The van der Waals surface area contributed by atoms with E-state index < -0.39 is 0 Å². The molecule has 2 aromatic rings. The van der Waals surface area contributed by atoms with Crippen LogP contribution >= 0.6 is 0 Å². The molecule has 0 saturated carbocycles. The zero-order valence-corrected chi connectivity index (χ0v) is 7.59. The van der Waals surface area contributed by atoms with Crippen LogP contribution < -0.4 is 4.68 Å². The summed E-state index contributed by atoms with van der Waals surface area (Å²) in [4.78, 5) is 0. The fraction of sp³-hybridized carbons (Fsp3) is 0.200. The van der Waals surface area contributed by atoms with Crippen molar-refractivity contribution in [2.45, 2.75) is 6.54 Å². The van der Waals surface area contributed by atoms with E-state index in [0.29, 0.717) is 0 Å². The molecule has 3 nitrogen and oxygen atoms in total. The molecule has 1 aromatic carbocycles. The van der Waals surface area contributed by atoms with Crippen molar-refractivity contribution in [1.82, 2.24) is 9.90 Å². The van der Waals surface area contributed by atoms with Crippen LogP contribution in [0.3, 0.4) is 0 Å². The Labute approximate surface area is 77.2 Å². The monoisotopic (exact) mass is 174 g/mol. The Kier molecular flexibility index (Phi) is 2.08. The van der Waals surface area contributed by atoms with Crippen LogP contribution in [0.25, 0.3) is 0 Å². The summed E-state index contributed by atoms with van der Waals surface area (Å²) < 4.78 is 3.71. The van der Waals surface area contributed by atoms with Gasteiger partial charge in [0.05, 0.1) is 5.21 Å². The quantitative estimate of drug-likeness (QED) is 0.616. The summed E-state index contributed by atoms with van der Waals surface area (Å²) in [7, 11) is 1.92. The third kappa shape index (κ3) is 1.93. The minimum atomic E-state index is 0.835. The normalized spacial score (nSPS) is 10.2. The molecule has 3 heteroatoms. The maximum absolute atomic E-state index is 4.24. The van der Waals surface area contributed by atoms with E-state index in [4.69, 9.17) is 0 Å². The van der Waals surface area contributed by atoms with Crippen molar-refractivity contribution in [3.8, 4) is 0 Å². The second-order valence-electron chi connectivity index (χ2n) is 3.04. The Bertz CT molecular complexity index is 378. The summed E-state index contributed by atoms with van der Waals surface area (Å²) in [5, 5.41) is 4.24. The maximum atomic E-state index is 4.24. The predicted octanol–water partition coefficient (Wildman–Crippen LogP) is 0.756. The molecule has 2 rings (SSSR count). The highest BCUT2D eigenvalue weighted by Crippen LogP contribution is 1.99. The first-order valence-electron chi connectivity index (χ1n) is 4.28. The van der Waals surface area contributed by atoms with Crippen LogP contribution in [0.15, 0.2) is 42.7 Å². The van der Waals surface area contributed by atoms with Gasteiger partial charge in [0.15, 0.2) is 12.4 Å². The van der Waals surface area contributed by atoms with Crippen LogP contribution in [0.4, 0.5) is 0 Å². The van der Waals surface area contributed by atoms with E-state index in [0.717, 1.165) is 6.54 Å². The molecule has 0 saturated heterocycles. The molecule has 0 fully saturated rings. The Hall–Kier alpha value is -1.64. The van der Waals surface area contributed by atoms with E-state index >= 15 is 0 Å². The number of rotatable bonds is 2. The lowest BCUT2D eigenvalue weighted by molar-refractivity contribution is -0.732. The van der Waals surface area contributed by atoms with Crippen LogP contribution in [0.1, 0.15) is 5.56 Å². The van der Waals surface area contributed by atoms with Gasteiger partial charge in [-0.1, -0.05) is 30.3 Å². The van der Waals surface area contributed by atoms with Gasteiger partial charge in [-0.2, -0.15) is 0 Å². The van der Waals surface area contributed by atoms with Gasteiger partial charge in [-0.15, -0.1) is 9.36 Å². The number of aryl methyl sites for hydroxylation is 1. The molecule has 0 spiro atoms. The van der Waals surface area contributed by atoms with Crippen molar-refractivity contribution < 1.29 is 4.68 Å². The molecule has 0 radical (unpaired) electrons. The Morgan fingerprint density at radius 1 is 1.31 bits per heavy atom. The molecule has 1 aromatic heterocycles. The molecule has 13 heavy (non-hydrogen) atoms. The second-order valence-corrected chi connectivity index (χ2v) is 3.04. The first-order chi connectivity index (χ1) is 6.34. The van der Waals surface area contributed by atoms with Crippen molar-refractivity contribution >= 4 is 0 Å². The van der Waals surface area contributed by atoms with Crippen molar-refractivity contribution in [2.24, 2.45) is 7.05 Å². The minimum Gasteiger partial charge on any atom is -0.141 e. The smallest absolute Gasteiger partial charge is 0.141 e. The van der Waals surface area contributed by atoms with Gasteiger partial charge < -0.3 is 0 Å². The molecule has 0 aliphatic heterocycles. The van der Waals surface area contributed by atoms with Crippen molar-refractivity contribution in [3.63, 3.8) is 0 Å². The van der Waals surface area contributed by atoms with Gasteiger partial charge in [-0.25, -0.2) is 0 Å². The molecule has 66 valence electrons. The average molecular weight is 174 g/mol. The van der Waals surface area contributed by atoms with Crippen LogP contribution in [0.5, 0.6) is 0 Å². The molecule has 0 bridgehead atoms. The zero-order valence-electron chi connectivity index (χ0n) is 7.59. The molecule has 0 aliphatic carbocycles. The highest BCUT2D eigenvalue weighted by Gasteiger charge is 2.01. The summed E-state index contributed by atoms with van der Waals surface area (Å²) in [5.74, 6) is 0. The van der Waals surface area contributed by atoms with E-state index in [9.17, 15) is 0 Å². The lowest BCUT2D eigenvalue weighted by atomic mass is 10.2. The minimum absolute atomic E-state index is 0.835. The highest BCUT2D eigenvalue weighted by molar-refractivity contribution is 5.14. The highest BCUT2D eigenvalue weighted by atomic mass is 15.5. The summed E-state index contributed by atoms with van der Waals surface area (Å²) >= 11 is 0. The number of hydrogen-bond acceptors (Lipinski definition) is 1. The Morgan fingerprint density at radius 3 is 2.69 bits per heavy atom. The molecular formula is C10H12N3+. The molecule has 0 unspecified atom stereocenters. The third-order valence-electron chi connectivity index (χ3n) is 1.90. The Morgan fingerprint density at radius 2 is 2.08 bits per heavy atom. The summed E-state index contributed by atoms with van der Waals surface area (Å²) in [6.07, 6.45) is 3.90. The van der Waals surface area contributed by atoms with Crippen LogP contribution in [-0.4, -0.2) is 9.90 Å². The van der Waals surface area contributed by atoms with E-state index in [-0.39, 0.29) is 0 Å². The second kappa shape index (κ2) is 3.39. The van der Waals surface area contributed by atoms with Gasteiger partial charge in [0.25, 0.3) is 0 Å². The summed E-state index contributed by atoms with van der Waals surface area (Å²) in [6, 6.07) is 10.3. The number of aromatic nitrogens is 3. The van der Waals surface area contributed by atoms with Crippen LogP contribution in [-0.2, 0) is 13.6 Å². The first-order valence-corrected chi connectivity index (χ1v) is 4.28. The van der Waals surface area contributed by atoms with Gasteiger partial charge in [-0.3, -0.25) is 0 Å². The number of benzene rings is 1. The first kappa shape index (κ1) is 7.98. The zero-order chi connectivity index (χ0) is 9.10. The molecule has 0 amide bonds. The van der Waals surface area contributed by atoms with E-state index in [1.54, 1.807) is 4.68 Å². The summed E-state index contributed by atoms with van der Waals surface area (Å²) in [5.41, 5.74) is 1.27. The maximum Gasteiger partial charge on any atom is 0.155 e. The molecule has 0 atom stereocenters. The van der Waals surface area contributed by atoms with Crippen LogP contribution in [0.2, 0.25) is 0 Å². The van der Waals surface area contributed by atoms with Gasteiger partial charge in [-0.05, 0) is 5.56 Å². The van der Waals surface area contributed by atoms with E-state index in [1.165, 1.54) is 5.56 Å². The molecule has 1 heterocycles. The molecular weight excluding hydrogens is 162 g/mol. The average Bonchev–Trinajstić information content (AvgIpc) is 2.53. The van der Waals surface area contributed by atoms with Gasteiger partial charge in [0.1, 0.15) is 13.6 Å².